The summed E-state index contributed by atoms with van der Waals surface area (Å²) in [4.78, 5) is 22.5. The summed E-state index contributed by atoms with van der Waals surface area (Å²) in [6, 6.07) is 0. The van der Waals surface area contributed by atoms with Crippen LogP contribution in [0.4, 0.5) is 0 Å². The minimum atomic E-state index is -0.774. The summed E-state index contributed by atoms with van der Waals surface area (Å²) < 4.78 is 15.3. The van der Waals surface area contributed by atoms with Crippen molar-refractivity contribution in [2.24, 2.45) is 5.92 Å². The van der Waals surface area contributed by atoms with E-state index in [9.17, 15) is 9.59 Å². The van der Waals surface area contributed by atoms with E-state index in [0.717, 1.165) is 12.8 Å². The lowest BCUT2D eigenvalue weighted by atomic mass is 10.0. The van der Waals surface area contributed by atoms with Gasteiger partial charge in [0.25, 0.3) is 0 Å². The van der Waals surface area contributed by atoms with Crippen LogP contribution in [-0.2, 0) is 23.6 Å². The van der Waals surface area contributed by atoms with Crippen LogP contribution in [0.25, 0.3) is 0 Å². The molecule has 1 aliphatic heterocycles. The number of cyclic esters (lactones) is 1. The van der Waals surface area contributed by atoms with Gasteiger partial charge in [-0.3, -0.25) is 9.59 Å². The third-order valence-corrected chi connectivity index (χ3v) is 3.02. The number of hydrogen-bond acceptors (Lipinski definition) is 5. The molecule has 6 heteroatoms. The molecule has 0 amide bonds. The van der Waals surface area contributed by atoms with Crippen LogP contribution < -0.4 is 0 Å². The highest BCUT2D eigenvalue weighted by Gasteiger charge is 2.43. The van der Waals surface area contributed by atoms with E-state index >= 15 is 0 Å². The summed E-state index contributed by atoms with van der Waals surface area (Å²) in [5, 5.41) is 0. The van der Waals surface area contributed by atoms with Gasteiger partial charge in [0.05, 0.1) is 12.5 Å². The smallest absolute Gasteiger partial charge is 0.309 e. The third-order valence-electron chi connectivity index (χ3n) is 2.85. The van der Waals surface area contributed by atoms with Crippen molar-refractivity contribution in [3.63, 3.8) is 0 Å². The molecule has 0 radical (unpaired) electrons. The quantitative estimate of drug-likeness (QED) is 0.531. The highest BCUT2D eigenvalue weighted by atomic mass is 31.0. The lowest BCUT2D eigenvalue weighted by Crippen LogP contribution is -2.39. The Morgan fingerprint density at radius 1 is 1.50 bits per heavy atom. The predicted molar refractivity (Wildman–Crippen MR) is 57.4 cm³/mol. The van der Waals surface area contributed by atoms with Crippen LogP contribution >= 0.6 is 9.47 Å². The fraction of sp³-hybridized carbons (Fsp3) is 0.800. The average Bonchev–Trinajstić information content (AvgIpc) is 3.03. The molecule has 0 aromatic carbocycles. The first kappa shape index (κ1) is 11.8. The Hall–Kier alpha value is -0.670. The topological polar surface area (TPSA) is 61.8 Å². The van der Waals surface area contributed by atoms with Crippen LogP contribution in [0, 0.1) is 5.92 Å². The van der Waals surface area contributed by atoms with E-state index in [0.29, 0.717) is 12.8 Å². The molecular weight excluding hydrogens is 231 g/mol. The Morgan fingerprint density at radius 2 is 2.25 bits per heavy atom. The van der Waals surface area contributed by atoms with Crippen LogP contribution in [-0.4, -0.2) is 30.8 Å². The molecule has 2 atom stereocenters. The van der Waals surface area contributed by atoms with Crippen molar-refractivity contribution in [2.45, 2.75) is 31.3 Å². The monoisotopic (exact) mass is 246 g/mol. The van der Waals surface area contributed by atoms with Crippen LogP contribution in [0.2, 0.25) is 0 Å². The molecule has 2 fully saturated rings. The largest absolute Gasteiger partial charge is 0.461 e. The molecule has 2 aliphatic rings. The Bertz CT molecular complexity index is 302. The first-order valence-electron chi connectivity index (χ1n) is 5.35. The maximum absolute atomic E-state index is 11.4. The molecule has 1 heterocycles. The van der Waals surface area contributed by atoms with Gasteiger partial charge >= 0.3 is 11.9 Å². The molecule has 0 bridgehead atoms. The number of rotatable bonds is 5. The van der Waals surface area contributed by atoms with Crippen molar-refractivity contribution in [3.8, 4) is 0 Å². The van der Waals surface area contributed by atoms with Gasteiger partial charge in [-0.2, -0.15) is 0 Å². The molecule has 0 aromatic rings. The lowest BCUT2D eigenvalue weighted by Gasteiger charge is -2.25. The number of carbonyl (C=O) groups is 2. The number of ether oxygens (including phenoxy) is 2. The number of esters is 2. The molecule has 1 saturated carbocycles. The summed E-state index contributed by atoms with van der Waals surface area (Å²) >= 11 is 0. The molecule has 0 spiro atoms. The van der Waals surface area contributed by atoms with Gasteiger partial charge in [-0.25, -0.2) is 0 Å². The van der Waals surface area contributed by atoms with Crippen LogP contribution in [0.3, 0.4) is 0 Å². The number of hydrogen-bond donors (Lipinski definition) is 0. The Kier molecular flexibility index (Phi) is 3.45. The zero-order valence-corrected chi connectivity index (χ0v) is 10.1. The van der Waals surface area contributed by atoms with Crippen molar-refractivity contribution in [1.29, 1.82) is 0 Å². The maximum Gasteiger partial charge on any atom is 0.309 e. The Morgan fingerprint density at radius 3 is 2.75 bits per heavy atom. The predicted octanol–water partition coefficient (Wildman–Crippen LogP) is 0.822. The standard InChI is InChI=1S/C10H15O5P/c11-8-3-4-10(15-8,6-14-16)5-13-9(12)7-1-2-7/h7H,1-6,16H2. The summed E-state index contributed by atoms with van der Waals surface area (Å²) in [5.41, 5.74) is -0.774. The van der Waals surface area contributed by atoms with E-state index in [1.807, 2.05) is 0 Å². The average molecular weight is 246 g/mol. The van der Waals surface area contributed by atoms with Crippen LogP contribution in [0.5, 0.6) is 0 Å². The minimum Gasteiger partial charge on any atom is -0.461 e. The SMILES string of the molecule is O=C1CCC(COP)(COC(=O)C2CC2)O1. The van der Waals surface area contributed by atoms with E-state index in [4.69, 9.17) is 14.0 Å². The van der Waals surface area contributed by atoms with Crippen LogP contribution in [0.15, 0.2) is 0 Å². The first-order valence-corrected chi connectivity index (χ1v) is 5.82. The van der Waals surface area contributed by atoms with E-state index in [2.05, 4.69) is 9.47 Å². The highest BCUT2D eigenvalue weighted by Crippen LogP contribution is 2.32. The molecule has 5 nitrogen and oxygen atoms in total. The maximum atomic E-state index is 11.4. The molecule has 1 aliphatic carbocycles. The minimum absolute atomic E-state index is 0.0612. The summed E-state index contributed by atoms with van der Waals surface area (Å²) in [6.07, 6.45) is 2.71. The molecule has 16 heavy (non-hydrogen) atoms. The molecule has 0 N–H and O–H groups in total. The second kappa shape index (κ2) is 4.68. The van der Waals surface area contributed by atoms with Gasteiger partial charge in [-0.1, -0.05) is 0 Å². The molecule has 1 saturated heterocycles. The van der Waals surface area contributed by atoms with Gasteiger partial charge in [-0.15, -0.1) is 0 Å². The van der Waals surface area contributed by atoms with E-state index in [1.54, 1.807) is 0 Å². The van der Waals surface area contributed by atoms with Gasteiger partial charge in [0.15, 0.2) is 5.60 Å². The van der Waals surface area contributed by atoms with Crippen molar-refractivity contribution in [2.75, 3.05) is 13.2 Å². The van der Waals surface area contributed by atoms with Gasteiger partial charge in [0, 0.05) is 22.3 Å². The second-order valence-corrected chi connectivity index (χ2v) is 4.68. The van der Waals surface area contributed by atoms with Crippen molar-refractivity contribution < 1.29 is 23.6 Å². The third kappa shape index (κ3) is 2.71. The number of carbonyl (C=O) groups excluding carboxylic acids is 2. The lowest BCUT2D eigenvalue weighted by molar-refractivity contribution is -0.166. The van der Waals surface area contributed by atoms with Gasteiger partial charge < -0.3 is 14.0 Å². The van der Waals surface area contributed by atoms with Crippen molar-refractivity contribution in [1.82, 2.24) is 0 Å². The first-order chi connectivity index (χ1) is 7.65. The Labute approximate surface area is 96.1 Å². The van der Waals surface area contributed by atoms with Crippen LogP contribution in [0.1, 0.15) is 25.7 Å². The van der Waals surface area contributed by atoms with Gasteiger partial charge in [-0.05, 0) is 12.8 Å². The molecular formula is C10H15O5P. The van der Waals surface area contributed by atoms with Crippen molar-refractivity contribution >= 4 is 21.4 Å². The summed E-state index contributed by atoms with van der Waals surface area (Å²) in [6.45, 7) is 0.337. The fourth-order valence-electron chi connectivity index (χ4n) is 1.71. The van der Waals surface area contributed by atoms with E-state index in [-0.39, 0.29) is 31.1 Å². The second-order valence-electron chi connectivity index (χ2n) is 4.35. The molecule has 90 valence electrons. The van der Waals surface area contributed by atoms with Gasteiger partial charge in [0.1, 0.15) is 6.61 Å². The summed E-state index contributed by atoms with van der Waals surface area (Å²) in [7, 11) is 2.11. The normalized spacial score (nSPS) is 28.9. The highest BCUT2D eigenvalue weighted by molar-refractivity contribution is 7.09. The molecule has 0 aromatic heterocycles. The zero-order chi connectivity index (χ0) is 11.6. The van der Waals surface area contributed by atoms with E-state index < -0.39 is 5.60 Å². The van der Waals surface area contributed by atoms with Crippen molar-refractivity contribution in [3.05, 3.63) is 0 Å². The molecule has 2 rings (SSSR count). The fourth-order valence-corrected chi connectivity index (χ4v) is 2.01. The summed E-state index contributed by atoms with van der Waals surface area (Å²) in [5.74, 6) is -0.387. The molecule has 2 unspecified atom stereocenters. The zero-order valence-electron chi connectivity index (χ0n) is 8.94. The van der Waals surface area contributed by atoms with Gasteiger partial charge in [0.2, 0.25) is 0 Å². The van der Waals surface area contributed by atoms with E-state index in [1.165, 1.54) is 0 Å². The Balaban J connectivity index is 1.86.